The summed E-state index contributed by atoms with van der Waals surface area (Å²) in [5.74, 6) is 1.86. The van der Waals surface area contributed by atoms with E-state index in [4.69, 9.17) is 14.2 Å². The van der Waals surface area contributed by atoms with E-state index >= 15 is 0 Å². The van der Waals surface area contributed by atoms with Gasteiger partial charge in [0.15, 0.2) is 11.5 Å². The van der Waals surface area contributed by atoms with Gasteiger partial charge >= 0.3 is 0 Å². The molecular formula is C20H20N2O5. The number of amides is 2. The number of carbonyl (C=O) groups excluding carboxylic acids is 2. The van der Waals surface area contributed by atoms with Crippen LogP contribution in [0.4, 0.5) is 5.69 Å². The molecule has 2 aliphatic heterocycles. The predicted molar refractivity (Wildman–Crippen MR) is 97.9 cm³/mol. The highest BCUT2D eigenvalue weighted by Gasteiger charge is 2.37. The molecule has 4 rings (SSSR count). The molecule has 2 aromatic carbocycles. The second-order valence-electron chi connectivity index (χ2n) is 6.42. The fourth-order valence-corrected chi connectivity index (χ4v) is 3.36. The van der Waals surface area contributed by atoms with E-state index in [1.807, 2.05) is 18.2 Å². The van der Waals surface area contributed by atoms with Crippen molar-refractivity contribution in [3.05, 3.63) is 48.0 Å². The number of rotatable bonds is 5. The standard InChI is InChI=1S/C20H20N2O5/c1-25-15-5-3-14(4-6-15)22-16(7-9-19(22)23)20(24)21-11-13-2-8-17-18(10-13)27-12-26-17/h2-6,8,10,16H,7,9,11-12H2,1H3,(H,21,24). The van der Waals surface area contributed by atoms with Gasteiger partial charge in [0.2, 0.25) is 18.6 Å². The van der Waals surface area contributed by atoms with Gasteiger partial charge in [-0.25, -0.2) is 0 Å². The van der Waals surface area contributed by atoms with E-state index in [0.717, 1.165) is 5.56 Å². The number of anilines is 1. The van der Waals surface area contributed by atoms with Crippen molar-refractivity contribution in [2.75, 3.05) is 18.8 Å². The zero-order valence-electron chi connectivity index (χ0n) is 14.9. The summed E-state index contributed by atoms with van der Waals surface area (Å²) in [5.41, 5.74) is 1.61. The molecule has 7 nitrogen and oxygen atoms in total. The molecule has 1 unspecified atom stereocenters. The van der Waals surface area contributed by atoms with E-state index in [9.17, 15) is 9.59 Å². The lowest BCUT2D eigenvalue weighted by molar-refractivity contribution is -0.124. The molecule has 2 amide bonds. The molecule has 2 aromatic rings. The van der Waals surface area contributed by atoms with Crippen LogP contribution in [0.1, 0.15) is 18.4 Å². The van der Waals surface area contributed by atoms with E-state index in [2.05, 4.69) is 5.32 Å². The molecule has 0 radical (unpaired) electrons. The van der Waals surface area contributed by atoms with Gasteiger partial charge < -0.3 is 19.5 Å². The largest absolute Gasteiger partial charge is 0.497 e. The molecule has 0 saturated carbocycles. The number of fused-ring (bicyclic) bond motifs is 1. The first-order valence-corrected chi connectivity index (χ1v) is 8.78. The fourth-order valence-electron chi connectivity index (χ4n) is 3.36. The van der Waals surface area contributed by atoms with Crippen molar-refractivity contribution in [2.24, 2.45) is 0 Å². The molecule has 0 spiro atoms. The summed E-state index contributed by atoms with van der Waals surface area (Å²) >= 11 is 0. The maximum atomic E-state index is 12.7. The summed E-state index contributed by atoms with van der Waals surface area (Å²) in [6.07, 6.45) is 0.853. The summed E-state index contributed by atoms with van der Waals surface area (Å²) in [7, 11) is 1.59. The number of nitrogens with zero attached hydrogens (tertiary/aromatic N) is 1. The van der Waals surface area contributed by atoms with Crippen molar-refractivity contribution in [3.63, 3.8) is 0 Å². The first-order valence-electron chi connectivity index (χ1n) is 8.78. The summed E-state index contributed by atoms with van der Waals surface area (Å²) in [6.45, 7) is 0.572. The summed E-state index contributed by atoms with van der Waals surface area (Å²) in [6, 6.07) is 12.2. The molecule has 1 saturated heterocycles. The Morgan fingerprint density at radius 1 is 1.19 bits per heavy atom. The maximum absolute atomic E-state index is 12.7. The predicted octanol–water partition coefficient (Wildman–Crippen LogP) is 2.24. The number of benzene rings is 2. The molecule has 0 aromatic heterocycles. The van der Waals surface area contributed by atoms with Crippen LogP contribution in [0, 0.1) is 0 Å². The van der Waals surface area contributed by atoms with Crippen LogP contribution in [-0.2, 0) is 16.1 Å². The van der Waals surface area contributed by atoms with Gasteiger partial charge in [-0.3, -0.25) is 14.5 Å². The number of methoxy groups -OCH3 is 1. The van der Waals surface area contributed by atoms with Gasteiger partial charge in [-0.1, -0.05) is 6.07 Å². The van der Waals surface area contributed by atoms with Gasteiger partial charge in [0.1, 0.15) is 11.8 Å². The van der Waals surface area contributed by atoms with Crippen molar-refractivity contribution in [3.8, 4) is 17.2 Å². The smallest absolute Gasteiger partial charge is 0.243 e. The van der Waals surface area contributed by atoms with E-state index in [-0.39, 0.29) is 18.6 Å². The average molecular weight is 368 g/mol. The number of hydrogen-bond acceptors (Lipinski definition) is 5. The normalized spacial score (nSPS) is 17.9. The Hall–Kier alpha value is -3.22. The van der Waals surface area contributed by atoms with Crippen molar-refractivity contribution >= 4 is 17.5 Å². The second kappa shape index (κ2) is 7.19. The molecule has 1 fully saturated rings. The fraction of sp³-hybridized carbons (Fsp3) is 0.300. The molecule has 7 heteroatoms. The lowest BCUT2D eigenvalue weighted by atomic mass is 10.1. The minimum absolute atomic E-state index is 0.0524. The quantitative estimate of drug-likeness (QED) is 0.876. The third-order valence-corrected chi connectivity index (χ3v) is 4.77. The van der Waals surface area contributed by atoms with Crippen LogP contribution < -0.4 is 24.4 Å². The molecule has 1 N–H and O–H groups in total. The summed E-state index contributed by atoms with van der Waals surface area (Å²) in [5, 5.41) is 2.92. The number of hydrogen-bond donors (Lipinski definition) is 1. The van der Waals surface area contributed by atoms with Gasteiger partial charge in [-0.15, -0.1) is 0 Å². The Kier molecular flexibility index (Phi) is 4.58. The zero-order valence-corrected chi connectivity index (χ0v) is 14.9. The van der Waals surface area contributed by atoms with E-state index in [1.54, 1.807) is 36.3 Å². The molecule has 1 atom stereocenters. The highest BCUT2D eigenvalue weighted by atomic mass is 16.7. The molecule has 2 aliphatic rings. The number of carbonyl (C=O) groups is 2. The minimum atomic E-state index is -0.514. The Balaban J connectivity index is 1.44. The first kappa shape index (κ1) is 17.2. The zero-order chi connectivity index (χ0) is 18.8. The highest BCUT2D eigenvalue weighted by molar-refractivity contribution is 6.03. The van der Waals surface area contributed by atoms with Crippen molar-refractivity contribution in [2.45, 2.75) is 25.4 Å². The molecule has 2 heterocycles. The lowest BCUT2D eigenvalue weighted by Gasteiger charge is -2.24. The van der Waals surface area contributed by atoms with Crippen LogP contribution in [0.25, 0.3) is 0 Å². The Bertz CT molecular complexity index is 865. The Morgan fingerprint density at radius 2 is 1.96 bits per heavy atom. The molecule has 0 aliphatic carbocycles. The average Bonchev–Trinajstić information content (AvgIpc) is 3.32. The maximum Gasteiger partial charge on any atom is 0.243 e. The van der Waals surface area contributed by atoms with Crippen LogP contribution >= 0.6 is 0 Å². The van der Waals surface area contributed by atoms with Crippen molar-refractivity contribution in [1.29, 1.82) is 0 Å². The summed E-state index contributed by atoms with van der Waals surface area (Å²) in [4.78, 5) is 26.6. The molecule has 140 valence electrons. The van der Waals surface area contributed by atoms with E-state index in [1.165, 1.54) is 0 Å². The van der Waals surface area contributed by atoms with E-state index in [0.29, 0.717) is 42.3 Å². The van der Waals surface area contributed by atoms with Gasteiger partial charge in [0.05, 0.1) is 7.11 Å². The number of nitrogens with one attached hydrogen (secondary N) is 1. The third kappa shape index (κ3) is 3.40. The van der Waals surface area contributed by atoms with Crippen molar-refractivity contribution < 1.29 is 23.8 Å². The first-order chi connectivity index (χ1) is 13.2. The Labute approximate surface area is 156 Å². The molecule has 0 bridgehead atoms. The lowest BCUT2D eigenvalue weighted by Crippen LogP contribution is -2.44. The number of ether oxygens (including phenoxy) is 3. The SMILES string of the molecule is COc1ccc(N2C(=O)CCC2C(=O)NCc2ccc3c(c2)OCO3)cc1. The van der Waals surface area contributed by atoms with Crippen LogP contribution in [0.15, 0.2) is 42.5 Å². The van der Waals surface area contributed by atoms with Gasteiger partial charge in [-0.2, -0.15) is 0 Å². The van der Waals surface area contributed by atoms with Crippen LogP contribution in [0.2, 0.25) is 0 Å². The van der Waals surface area contributed by atoms with Crippen LogP contribution in [-0.4, -0.2) is 31.8 Å². The van der Waals surface area contributed by atoms with Crippen LogP contribution in [0.5, 0.6) is 17.2 Å². The topological polar surface area (TPSA) is 77.1 Å². The summed E-state index contributed by atoms with van der Waals surface area (Å²) < 4.78 is 15.8. The second-order valence-corrected chi connectivity index (χ2v) is 6.42. The van der Waals surface area contributed by atoms with Gasteiger partial charge in [0.25, 0.3) is 0 Å². The Morgan fingerprint density at radius 3 is 2.74 bits per heavy atom. The molecular weight excluding hydrogens is 348 g/mol. The van der Waals surface area contributed by atoms with Crippen molar-refractivity contribution in [1.82, 2.24) is 5.32 Å². The highest BCUT2D eigenvalue weighted by Crippen LogP contribution is 2.32. The van der Waals surface area contributed by atoms with E-state index < -0.39 is 6.04 Å². The third-order valence-electron chi connectivity index (χ3n) is 4.77. The van der Waals surface area contributed by atoms with Gasteiger partial charge in [-0.05, 0) is 48.4 Å². The van der Waals surface area contributed by atoms with Crippen LogP contribution in [0.3, 0.4) is 0 Å². The van der Waals surface area contributed by atoms with Gasteiger partial charge in [0, 0.05) is 18.7 Å². The molecule has 27 heavy (non-hydrogen) atoms. The minimum Gasteiger partial charge on any atom is -0.497 e. The monoisotopic (exact) mass is 368 g/mol.